The zero-order valence-electron chi connectivity index (χ0n) is 14.5. The normalized spacial score (nSPS) is 15.6. The third-order valence-electron chi connectivity index (χ3n) is 4.12. The number of amides is 2. The van der Waals surface area contributed by atoms with Gasteiger partial charge in [-0.3, -0.25) is 9.59 Å². The van der Waals surface area contributed by atoms with Crippen LogP contribution in [0.3, 0.4) is 0 Å². The van der Waals surface area contributed by atoms with Crippen LogP contribution in [-0.2, 0) is 14.8 Å². The van der Waals surface area contributed by atoms with Gasteiger partial charge in [0.25, 0.3) is 15.9 Å². The third kappa shape index (κ3) is 4.57. The Bertz CT molecular complexity index is 949. The summed E-state index contributed by atoms with van der Waals surface area (Å²) in [5.41, 5.74) is 1.12. The summed E-state index contributed by atoms with van der Waals surface area (Å²) in [5, 5.41) is 2.65. The largest absolute Gasteiger partial charge is 0.336 e. The van der Waals surface area contributed by atoms with Gasteiger partial charge >= 0.3 is 0 Å². The molecule has 1 aliphatic heterocycles. The number of halogens is 1. The Kier molecular flexibility index (Phi) is 5.99. The molecule has 1 fully saturated rings. The molecule has 10 heteroatoms. The topological polar surface area (TPSA) is 86.8 Å². The number of piperazine rings is 1. The molecule has 0 aliphatic carbocycles. The molecule has 27 heavy (non-hydrogen) atoms. The quantitative estimate of drug-likeness (QED) is 0.742. The van der Waals surface area contributed by atoms with Gasteiger partial charge in [0.05, 0.1) is 3.79 Å². The van der Waals surface area contributed by atoms with E-state index < -0.39 is 10.0 Å². The van der Waals surface area contributed by atoms with E-state index in [9.17, 15) is 18.0 Å². The lowest BCUT2D eigenvalue weighted by Crippen LogP contribution is -2.50. The minimum Gasteiger partial charge on any atom is -0.336 e. The van der Waals surface area contributed by atoms with Crippen molar-refractivity contribution in [3.63, 3.8) is 0 Å². The Morgan fingerprint density at radius 1 is 1.04 bits per heavy atom. The number of rotatable bonds is 4. The number of carbonyl (C=O) groups is 2. The zero-order chi connectivity index (χ0) is 19.6. The van der Waals surface area contributed by atoms with Crippen LogP contribution in [0, 0.1) is 0 Å². The molecule has 144 valence electrons. The van der Waals surface area contributed by atoms with Crippen LogP contribution in [0.25, 0.3) is 0 Å². The molecular formula is C17H18BrN3O4S2. The van der Waals surface area contributed by atoms with Gasteiger partial charge in [-0.2, -0.15) is 4.31 Å². The highest BCUT2D eigenvalue weighted by Crippen LogP contribution is 2.29. The minimum absolute atomic E-state index is 0.153. The van der Waals surface area contributed by atoms with Crippen LogP contribution < -0.4 is 5.32 Å². The van der Waals surface area contributed by atoms with Gasteiger partial charge in [-0.15, -0.1) is 11.3 Å². The first-order valence-corrected chi connectivity index (χ1v) is 11.2. The predicted octanol–water partition coefficient (Wildman–Crippen LogP) is 2.62. The second kappa shape index (κ2) is 8.09. The van der Waals surface area contributed by atoms with E-state index in [0.717, 1.165) is 3.79 Å². The van der Waals surface area contributed by atoms with Crippen molar-refractivity contribution in [2.75, 3.05) is 31.5 Å². The standard InChI is InChI=1S/C17H18BrN3O4S2/c1-12(22)19-14-4-2-13(3-5-14)17(23)20-8-10-21(11-9-20)27(24,25)16-7-6-15(18)26-16/h2-7H,8-11H2,1H3,(H,19,22). The smallest absolute Gasteiger partial charge is 0.253 e. The molecule has 0 bridgehead atoms. The Labute approximate surface area is 170 Å². The first-order chi connectivity index (χ1) is 12.8. The van der Waals surface area contributed by atoms with Crippen molar-refractivity contribution in [2.24, 2.45) is 0 Å². The molecule has 2 amide bonds. The van der Waals surface area contributed by atoms with Crippen molar-refractivity contribution in [3.8, 4) is 0 Å². The summed E-state index contributed by atoms with van der Waals surface area (Å²) in [6.45, 7) is 2.60. The molecule has 0 radical (unpaired) electrons. The van der Waals surface area contributed by atoms with Gasteiger partial charge in [0.1, 0.15) is 4.21 Å². The number of benzene rings is 1. The van der Waals surface area contributed by atoms with Crippen LogP contribution in [0.15, 0.2) is 44.4 Å². The highest BCUT2D eigenvalue weighted by molar-refractivity contribution is 9.11. The van der Waals surface area contributed by atoms with Crippen LogP contribution in [0.4, 0.5) is 5.69 Å². The molecular weight excluding hydrogens is 454 g/mol. The van der Waals surface area contributed by atoms with E-state index in [1.807, 2.05) is 0 Å². The molecule has 0 spiro atoms. The van der Waals surface area contributed by atoms with E-state index in [4.69, 9.17) is 0 Å². The van der Waals surface area contributed by atoms with E-state index in [1.165, 1.54) is 22.6 Å². The van der Waals surface area contributed by atoms with Crippen LogP contribution in [0.1, 0.15) is 17.3 Å². The number of nitrogens with one attached hydrogen (secondary N) is 1. The summed E-state index contributed by atoms with van der Waals surface area (Å²) in [5.74, 6) is -0.329. The molecule has 3 rings (SSSR count). The monoisotopic (exact) mass is 471 g/mol. The van der Waals surface area contributed by atoms with Crippen LogP contribution in [-0.4, -0.2) is 55.6 Å². The maximum atomic E-state index is 12.7. The van der Waals surface area contributed by atoms with Gasteiger partial charge in [0, 0.05) is 44.4 Å². The molecule has 1 N–H and O–H groups in total. The number of thiophene rings is 1. The molecule has 2 aromatic rings. The average molecular weight is 472 g/mol. The van der Waals surface area contributed by atoms with Crippen molar-refractivity contribution in [1.82, 2.24) is 9.21 Å². The number of hydrogen-bond donors (Lipinski definition) is 1. The van der Waals surface area contributed by atoms with Gasteiger partial charge in [0.2, 0.25) is 5.91 Å². The summed E-state index contributed by atoms with van der Waals surface area (Å²) >= 11 is 4.46. The summed E-state index contributed by atoms with van der Waals surface area (Å²) in [6.07, 6.45) is 0. The fourth-order valence-corrected chi connectivity index (χ4v) is 6.36. The molecule has 2 heterocycles. The first kappa shape index (κ1) is 20.0. The van der Waals surface area contributed by atoms with Crippen molar-refractivity contribution < 1.29 is 18.0 Å². The van der Waals surface area contributed by atoms with E-state index in [2.05, 4.69) is 21.2 Å². The molecule has 1 aliphatic rings. The summed E-state index contributed by atoms with van der Waals surface area (Å²) in [6, 6.07) is 9.94. The number of sulfonamides is 1. The van der Waals surface area contributed by atoms with Crippen molar-refractivity contribution in [3.05, 3.63) is 45.7 Å². The number of anilines is 1. The van der Waals surface area contributed by atoms with E-state index in [1.54, 1.807) is 41.3 Å². The van der Waals surface area contributed by atoms with Crippen LogP contribution >= 0.6 is 27.3 Å². The Balaban J connectivity index is 1.63. The SMILES string of the molecule is CC(=O)Nc1ccc(C(=O)N2CCN(S(=O)(=O)c3ccc(Br)s3)CC2)cc1. The maximum Gasteiger partial charge on any atom is 0.253 e. The van der Waals surface area contributed by atoms with Gasteiger partial charge in [-0.05, 0) is 52.3 Å². The first-order valence-electron chi connectivity index (χ1n) is 8.20. The second-order valence-corrected chi connectivity index (χ2v) is 10.6. The number of nitrogens with zero attached hydrogens (tertiary/aromatic N) is 2. The van der Waals surface area contributed by atoms with Gasteiger partial charge in [-0.1, -0.05) is 0 Å². The molecule has 0 saturated carbocycles. The van der Waals surface area contributed by atoms with Crippen molar-refractivity contribution >= 4 is 54.8 Å². The Morgan fingerprint density at radius 3 is 2.19 bits per heavy atom. The molecule has 7 nitrogen and oxygen atoms in total. The molecule has 1 aromatic carbocycles. The Morgan fingerprint density at radius 2 is 1.67 bits per heavy atom. The number of hydrogen-bond acceptors (Lipinski definition) is 5. The van der Waals surface area contributed by atoms with Crippen LogP contribution in [0.5, 0.6) is 0 Å². The maximum absolute atomic E-state index is 12.7. The lowest BCUT2D eigenvalue weighted by atomic mass is 10.1. The van der Waals surface area contributed by atoms with E-state index in [0.29, 0.717) is 28.5 Å². The van der Waals surface area contributed by atoms with Crippen molar-refractivity contribution in [1.29, 1.82) is 0 Å². The third-order valence-corrected chi connectivity index (χ3v) is 8.11. The fraction of sp³-hybridized carbons (Fsp3) is 0.294. The highest BCUT2D eigenvalue weighted by atomic mass is 79.9. The molecule has 0 unspecified atom stereocenters. The summed E-state index contributed by atoms with van der Waals surface area (Å²) in [7, 11) is -3.53. The van der Waals surface area contributed by atoms with Crippen LogP contribution in [0.2, 0.25) is 0 Å². The van der Waals surface area contributed by atoms with Gasteiger partial charge in [-0.25, -0.2) is 8.42 Å². The average Bonchev–Trinajstić information content (AvgIpc) is 3.09. The lowest BCUT2D eigenvalue weighted by molar-refractivity contribution is -0.114. The molecule has 1 aromatic heterocycles. The highest BCUT2D eigenvalue weighted by Gasteiger charge is 2.31. The van der Waals surface area contributed by atoms with E-state index in [-0.39, 0.29) is 24.9 Å². The zero-order valence-corrected chi connectivity index (χ0v) is 17.7. The van der Waals surface area contributed by atoms with Crippen molar-refractivity contribution in [2.45, 2.75) is 11.1 Å². The number of carbonyl (C=O) groups excluding carboxylic acids is 2. The van der Waals surface area contributed by atoms with Gasteiger partial charge < -0.3 is 10.2 Å². The second-order valence-electron chi connectivity index (χ2n) is 6.01. The van der Waals surface area contributed by atoms with Gasteiger partial charge in [0.15, 0.2) is 0 Å². The van der Waals surface area contributed by atoms with E-state index >= 15 is 0 Å². The molecule has 1 saturated heterocycles. The summed E-state index contributed by atoms with van der Waals surface area (Å²) < 4.78 is 27.8. The Hall–Kier alpha value is -1.75. The fourth-order valence-electron chi connectivity index (χ4n) is 2.78. The molecule has 0 atom stereocenters. The minimum atomic E-state index is -3.53. The predicted molar refractivity (Wildman–Crippen MR) is 107 cm³/mol. The summed E-state index contributed by atoms with van der Waals surface area (Å²) in [4.78, 5) is 25.3. The lowest BCUT2D eigenvalue weighted by Gasteiger charge is -2.33.